The number of hydrogen-bond acceptors (Lipinski definition) is 5. The second kappa shape index (κ2) is 5.76. The van der Waals surface area contributed by atoms with Crippen LogP contribution in [-0.2, 0) is 6.54 Å². The number of carbonyl (C=O) groups is 1. The van der Waals surface area contributed by atoms with E-state index in [0.29, 0.717) is 18.1 Å². The fourth-order valence-electron chi connectivity index (χ4n) is 1.91. The zero-order valence-corrected chi connectivity index (χ0v) is 11.7. The van der Waals surface area contributed by atoms with Crippen molar-refractivity contribution in [1.29, 1.82) is 0 Å². The first-order chi connectivity index (χ1) is 10.6. The Kier molecular flexibility index (Phi) is 3.65. The molecule has 0 fully saturated rings. The molecule has 0 saturated heterocycles. The van der Waals surface area contributed by atoms with Gasteiger partial charge in [-0.1, -0.05) is 17.3 Å². The quantitative estimate of drug-likeness (QED) is 0.796. The number of hydrogen-bond donors (Lipinski definition) is 1. The van der Waals surface area contributed by atoms with Gasteiger partial charge in [-0.15, -0.1) is 0 Å². The first kappa shape index (κ1) is 13.9. The molecule has 112 valence electrons. The van der Waals surface area contributed by atoms with E-state index in [1.54, 1.807) is 36.0 Å². The Balaban J connectivity index is 1.67. The van der Waals surface area contributed by atoms with E-state index in [9.17, 15) is 9.18 Å². The predicted octanol–water partition coefficient (Wildman–Crippen LogP) is 2.01. The molecule has 2 aromatic heterocycles. The molecule has 3 aromatic rings. The van der Waals surface area contributed by atoms with Gasteiger partial charge in [0.2, 0.25) is 0 Å². The maximum atomic E-state index is 12.9. The van der Waals surface area contributed by atoms with Crippen molar-refractivity contribution in [1.82, 2.24) is 20.1 Å². The molecule has 0 atom stereocenters. The van der Waals surface area contributed by atoms with Gasteiger partial charge in [-0.2, -0.15) is 5.10 Å². The molecule has 1 N–H and O–H groups in total. The van der Waals surface area contributed by atoms with Crippen molar-refractivity contribution in [3.8, 4) is 0 Å². The Hall–Kier alpha value is -3.03. The van der Waals surface area contributed by atoms with E-state index in [1.807, 2.05) is 0 Å². The standard InChI is InChI=1S/C14H12FN5O2/c1-9-13(19-22-18-9)14(21)16-12-6-7-20(17-12)8-10-2-4-11(15)5-3-10/h2-7H,8H2,1H3,(H,16,17,21). The highest BCUT2D eigenvalue weighted by Crippen LogP contribution is 2.09. The molecular weight excluding hydrogens is 289 g/mol. The van der Waals surface area contributed by atoms with E-state index in [1.165, 1.54) is 12.1 Å². The summed E-state index contributed by atoms with van der Waals surface area (Å²) in [7, 11) is 0. The van der Waals surface area contributed by atoms with Gasteiger partial charge in [-0.25, -0.2) is 9.02 Å². The highest BCUT2D eigenvalue weighted by molar-refractivity contribution is 6.02. The monoisotopic (exact) mass is 301 g/mol. The normalized spacial score (nSPS) is 10.6. The molecule has 1 aromatic carbocycles. The molecule has 0 unspecified atom stereocenters. The van der Waals surface area contributed by atoms with Gasteiger partial charge in [0.25, 0.3) is 5.91 Å². The summed E-state index contributed by atoms with van der Waals surface area (Å²) in [6, 6.07) is 7.80. The van der Waals surface area contributed by atoms with Crippen LogP contribution in [0, 0.1) is 12.7 Å². The van der Waals surface area contributed by atoms with Crippen LogP contribution < -0.4 is 5.32 Å². The van der Waals surface area contributed by atoms with Crippen LogP contribution in [-0.4, -0.2) is 26.0 Å². The SMILES string of the molecule is Cc1nonc1C(=O)Nc1ccn(Cc2ccc(F)cc2)n1. The molecule has 0 aliphatic carbocycles. The predicted molar refractivity (Wildman–Crippen MR) is 74.7 cm³/mol. The Morgan fingerprint density at radius 1 is 1.27 bits per heavy atom. The van der Waals surface area contributed by atoms with Crippen LogP contribution in [0.5, 0.6) is 0 Å². The third kappa shape index (κ3) is 3.00. The highest BCUT2D eigenvalue weighted by atomic mass is 19.1. The molecule has 8 heteroatoms. The van der Waals surface area contributed by atoms with Gasteiger partial charge >= 0.3 is 0 Å². The topological polar surface area (TPSA) is 85.8 Å². The van der Waals surface area contributed by atoms with Crippen LogP contribution in [0.15, 0.2) is 41.2 Å². The Bertz CT molecular complexity index is 794. The van der Waals surface area contributed by atoms with Crippen molar-refractivity contribution in [2.24, 2.45) is 0 Å². The zero-order valence-electron chi connectivity index (χ0n) is 11.7. The van der Waals surface area contributed by atoms with Crippen LogP contribution in [0.3, 0.4) is 0 Å². The highest BCUT2D eigenvalue weighted by Gasteiger charge is 2.16. The largest absolute Gasteiger partial charge is 0.304 e. The Morgan fingerprint density at radius 3 is 2.73 bits per heavy atom. The van der Waals surface area contributed by atoms with Crippen LogP contribution in [0.25, 0.3) is 0 Å². The smallest absolute Gasteiger partial charge is 0.281 e. The summed E-state index contributed by atoms with van der Waals surface area (Å²) in [5.41, 5.74) is 1.43. The Labute approximate surface area is 124 Å². The molecule has 7 nitrogen and oxygen atoms in total. The lowest BCUT2D eigenvalue weighted by atomic mass is 10.2. The third-order valence-corrected chi connectivity index (χ3v) is 3.01. The first-order valence-corrected chi connectivity index (χ1v) is 6.50. The lowest BCUT2D eigenvalue weighted by molar-refractivity contribution is 0.101. The van der Waals surface area contributed by atoms with Gasteiger partial charge in [0.05, 0.1) is 6.54 Å². The van der Waals surface area contributed by atoms with Crippen molar-refractivity contribution in [2.75, 3.05) is 5.32 Å². The average molecular weight is 301 g/mol. The summed E-state index contributed by atoms with van der Waals surface area (Å²) in [6.07, 6.45) is 1.72. The molecule has 3 rings (SSSR count). The summed E-state index contributed by atoms with van der Waals surface area (Å²) in [4.78, 5) is 11.9. The van der Waals surface area contributed by atoms with Crippen molar-refractivity contribution < 1.29 is 13.8 Å². The molecule has 0 aliphatic heterocycles. The minimum absolute atomic E-state index is 0.119. The van der Waals surface area contributed by atoms with Gasteiger partial charge in [-0.3, -0.25) is 9.48 Å². The van der Waals surface area contributed by atoms with Crippen molar-refractivity contribution in [3.05, 3.63) is 59.3 Å². The van der Waals surface area contributed by atoms with Crippen LogP contribution in [0.4, 0.5) is 10.2 Å². The van der Waals surface area contributed by atoms with Crippen LogP contribution in [0.2, 0.25) is 0 Å². The number of nitrogens with zero attached hydrogens (tertiary/aromatic N) is 4. The molecular formula is C14H12FN5O2. The third-order valence-electron chi connectivity index (χ3n) is 3.01. The van der Waals surface area contributed by atoms with Crippen molar-refractivity contribution in [2.45, 2.75) is 13.5 Å². The maximum Gasteiger partial charge on any atom is 0.281 e. The molecule has 0 radical (unpaired) electrons. The fraction of sp³-hybridized carbons (Fsp3) is 0.143. The molecule has 2 heterocycles. The average Bonchev–Trinajstić information content (AvgIpc) is 3.10. The number of rotatable bonds is 4. The van der Waals surface area contributed by atoms with Gasteiger partial charge in [0.1, 0.15) is 11.5 Å². The number of aryl methyl sites for hydroxylation is 1. The van der Waals surface area contributed by atoms with Gasteiger partial charge in [0.15, 0.2) is 11.5 Å². The van der Waals surface area contributed by atoms with Crippen molar-refractivity contribution in [3.63, 3.8) is 0 Å². The number of amides is 1. The molecule has 0 bridgehead atoms. The van der Waals surface area contributed by atoms with E-state index >= 15 is 0 Å². The second-order valence-corrected chi connectivity index (χ2v) is 4.68. The summed E-state index contributed by atoms with van der Waals surface area (Å²) < 4.78 is 19.0. The molecule has 1 amide bonds. The number of carbonyl (C=O) groups excluding carboxylic acids is 1. The number of anilines is 1. The fourth-order valence-corrected chi connectivity index (χ4v) is 1.91. The van der Waals surface area contributed by atoms with E-state index in [4.69, 9.17) is 0 Å². The Morgan fingerprint density at radius 2 is 2.05 bits per heavy atom. The number of nitrogens with one attached hydrogen (secondary N) is 1. The molecule has 22 heavy (non-hydrogen) atoms. The summed E-state index contributed by atoms with van der Waals surface area (Å²) in [6.45, 7) is 2.10. The molecule has 0 spiro atoms. The lowest BCUT2D eigenvalue weighted by Gasteiger charge is -2.02. The zero-order chi connectivity index (χ0) is 15.5. The minimum atomic E-state index is -0.439. The van der Waals surface area contributed by atoms with Crippen molar-refractivity contribution >= 4 is 11.7 Å². The second-order valence-electron chi connectivity index (χ2n) is 4.68. The van der Waals surface area contributed by atoms with Crippen LogP contribution in [0.1, 0.15) is 21.7 Å². The van der Waals surface area contributed by atoms with E-state index < -0.39 is 5.91 Å². The van der Waals surface area contributed by atoms with E-state index in [2.05, 4.69) is 25.4 Å². The number of benzene rings is 1. The number of halogens is 1. The summed E-state index contributed by atoms with van der Waals surface area (Å²) >= 11 is 0. The lowest BCUT2D eigenvalue weighted by Crippen LogP contribution is -2.14. The van der Waals surface area contributed by atoms with E-state index in [-0.39, 0.29) is 11.5 Å². The van der Waals surface area contributed by atoms with Gasteiger partial charge < -0.3 is 5.32 Å². The minimum Gasteiger partial charge on any atom is -0.304 e. The molecule has 0 saturated carbocycles. The summed E-state index contributed by atoms with van der Waals surface area (Å²) in [5.74, 6) is -0.339. The van der Waals surface area contributed by atoms with E-state index in [0.717, 1.165) is 5.56 Å². The van der Waals surface area contributed by atoms with Gasteiger partial charge in [0, 0.05) is 12.3 Å². The first-order valence-electron chi connectivity index (χ1n) is 6.50. The molecule has 0 aliphatic rings. The number of aromatic nitrogens is 4. The summed E-state index contributed by atoms with van der Waals surface area (Å²) in [5, 5.41) is 13.9. The maximum absolute atomic E-state index is 12.9. The van der Waals surface area contributed by atoms with Gasteiger partial charge in [-0.05, 0) is 29.8 Å². The van der Waals surface area contributed by atoms with Crippen LogP contribution >= 0.6 is 0 Å².